The summed E-state index contributed by atoms with van der Waals surface area (Å²) in [5.74, 6) is 0.144. The van der Waals surface area contributed by atoms with Gasteiger partial charge in [-0.25, -0.2) is 4.90 Å². The summed E-state index contributed by atoms with van der Waals surface area (Å²) < 4.78 is 5.31. The van der Waals surface area contributed by atoms with E-state index in [-0.39, 0.29) is 23.3 Å². The predicted molar refractivity (Wildman–Crippen MR) is 115 cm³/mol. The normalized spacial score (nSPS) is 20.6. The van der Waals surface area contributed by atoms with Crippen molar-refractivity contribution in [2.24, 2.45) is 5.73 Å². The van der Waals surface area contributed by atoms with Gasteiger partial charge in [0.2, 0.25) is 5.96 Å². The van der Waals surface area contributed by atoms with Gasteiger partial charge in [-0.3, -0.25) is 10.2 Å². The minimum Gasteiger partial charge on any atom is -0.496 e. The van der Waals surface area contributed by atoms with E-state index in [2.05, 4.69) is 17.4 Å². The number of nitrogens with zero attached hydrogens (tertiary/aromatic N) is 2. The zero-order valence-electron chi connectivity index (χ0n) is 17.1. The summed E-state index contributed by atoms with van der Waals surface area (Å²) in [6, 6.07) is 17.2. The van der Waals surface area contributed by atoms with Crippen LogP contribution in [0, 0.1) is 16.9 Å². The first-order valence-electron chi connectivity index (χ1n) is 10.0. The first kappa shape index (κ1) is 21.2. The first-order chi connectivity index (χ1) is 14.5. The van der Waals surface area contributed by atoms with Crippen LogP contribution in [0.1, 0.15) is 41.6 Å². The number of guanidine groups is 1. The number of nitrogens with two attached hydrogens (primary N) is 1. The highest BCUT2D eigenvalue weighted by Gasteiger charge is 2.39. The van der Waals surface area contributed by atoms with Crippen LogP contribution in [0.4, 0.5) is 0 Å². The molecule has 4 N–H and O–H groups in total. The largest absolute Gasteiger partial charge is 0.496 e. The maximum atomic E-state index is 12.9. The zero-order chi connectivity index (χ0) is 21.6. The molecular weight excluding hydrogens is 378 g/mol. The molecule has 0 unspecified atom stereocenters. The average Bonchev–Trinajstić information content (AvgIpc) is 2.79. The van der Waals surface area contributed by atoms with Crippen LogP contribution < -0.4 is 15.8 Å². The van der Waals surface area contributed by atoms with Crippen molar-refractivity contribution in [3.05, 3.63) is 65.7 Å². The van der Waals surface area contributed by atoms with Crippen LogP contribution in [0.15, 0.2) is 54.6 Å². The van der Waals surface area contributed by atoms with E-state index in [0.29, 0.717) is 30.7 Å². The maximum Gasteiger partial charge on any atom is 0.255 e. The van der Waals surface area contributed by atoms with E-state index in [1.54, 1.807) is 19.2 Å². The third-order valence-corrected chi connectivity index (χ3v) is 5.97. The van der Waals surface area contributed by atoms with Gasteiger partial charge in [-0.05, 0) is 43.4 Å². The van der Waals surface area contributed by atoms with Crippen LogP contribution in [-0.4, -0.2) is 36.5 Å². The van der Waals surface area contributed by atoms with E-state index < -0.39 is 0 Å². The van der Waals surface area contributed by atoms with E-state index in [1.807, 2.05) is 36.5 Å². The third kappa shape index (κ3) is 4.38. The topological polar surface area (TPSA) is 115 Å². The zero-order valence-corrected chi connectivity index (χ0v) is 17.1. The number of carbonyl (C=O) groups excluding carboxylic acids is 1. The molecule has 0 saturated heterocycles. The van der Waals surface area contributed by atoms with Gasteiger partial charge in [-0.2, -0.15) is 5.26 Å². The molecule has 0 heterocycles. The van der Waals surface area contributed by atoms with Crippen molar-refractivity contribution in [1.29, 1.82) is 10.7 Å². The average molecular weight is 406 g/mol. The number of rotatable bonds is 6. The number of methoxy groups -OCH3 is 1. The summed E-state index contributed by atoms with van der Waals surface area (Å²) in [5, 5.41) is 20.1. The molecule has 1 fully saturated rings. The number of nitrogens with one attached hydrogen (secondary N) is 2. The number of hydrogen-bond donors (Lipinski definition) is 3. The van der Waals surface area contributed by atoms with Crippen molar-refractivity contribution >= 4 is 11.9 Å². The van der Waals surface area contributed by atoms with Crippen molar-refractivity contribution in [3.63, 3.8) is 0 Å². The van der Waals surface area contributed by atoms with Gasteiger partial charge in [0.1, 0.15) is 5.75 Å². The highest BCUT2D eigenvalue weighted by molar-refractivity contribution is 5.97. The lowest BCUT2D eigenvalue weighted by Gasteiger charge is -2.42. The number of hydrogen-bond acceptors (Lipinski definition) is 4. The Hall–Kier alpha value is -3.53. The van der Waals surface area contributed by atoms with Crippen molar-refractivity contribution in [2.75, 3.05) is 13.7 Å². The Morgan fingerprint density at radius 2 is 1.87 bits per heavy atom. The minimum absolute atomic E-state index is 0.0887. The van der Waals surface area contributed by atoms with Crippen molar-refractivity contribution < 1.29 is 9.53 Å². The second-order valence-corrected chi connectivity index (χ2v) is 7.62. The van der Waals surface area contributed by atoms with Crippen LogP contribution in [0.2, 0.25) is 0 Å². The highest BCUT2D eigenvalue weighted by atomic mass is 16.5. The van der Waals surface area contributed by atoms with E-state index in [1.165, 1.54) is 4.90 Å². The standard InChI is InChI=1S/C23H27N5O2/c1-30-20-10-6-5-9-19(20)21(29)27-15-23(17-7-3-2-4-8-17)13-11-18(12-14-23)28(16-24)22(25)26/h2-10,18H,11-15H2,1H3,(H3,25,26)(H,27,29). The van der Waals surface area contributed by atoms with Crippen LogP contribution in [0.5, 0.6) is 5.75 Å². The van der Waals surface area contributed by atoms with Gasteiger partial charge < -0.3 is 15.8 Å². The Bertz CT molecular complexity index is 930. The molecule has 1 saturated carbocycles. The molecule has 3 rings (SSSR count). The number of benzene rings is 2. The maximum absolute atomic E-state index is 12.9. The quantitative estimate of drug-likeness (QED) is 0.296. The molecular formula is C23H27N5O2. The SMILES string of the molecule is COc1ccccc1C(=O)NCC1(c2ccccc2)CCC(N(C#N)C(=N)N)CC1. The van der Waals surface area contributed by atoms with Crippen LogP contribution >= 0.6 is 0 Å². The Morgan fingerprint density at radius 1 is 1.23 bits per heavy atom. The number of carbonyl (C=O) groups is 1. The van der Waals surface area contributed by atoms with Crippen LogP contribution in [0.25, 0.3) is 0 Å². The predicted octanol–water partition coefficient (Wildman–Crippen LogP) is 2.98. The van der Waals surface area contributed by atoms with Gasteiger partial charge in [0.15, 0.2) is 6.19 Å². The molecule has 1 aliphatic rings. The Morgan fingerprint density at radius 3 is 2.47 bits per heavy atom. The summed E-state index contributed by atoms with van der Waals surface area (Å²) in [4.78, 5) is 14.1. The van der Waals surface area contributed by atoms with Gasteiger partial charge >= 0.3 is 0 Å². The molecule has 30 heavy (non-hydrogen) atoms. The number of amides is 1. The van der Waals surface area contributed by atoms with Crippen LogP contribution in [0.3, 0.4) is 0 Å². The lowest BCUT2D eigenvalue weighted by atomic mass is 9.68. The summed E-state index contributed by atoms with van der Waals surface area (Å²) >= 11 is 0. The molecule has 2 aromatic carbocycles. The fourth-order valence-electron chi connectivity index (χ4n) is 4.28. The van der Waals surface area contributed by atoms with E-state index in [0.717, 1.165) is 18.4 Å². The Kier molecular flexibility index (Phi) is 6.58. The molecule has 1 amide bonds. The minimum atomic E-state index is -0.243. The summed E-state index contributed by atoms with van der Waals surface area (Å²) in [7, 11) is 1.55. The molecule has 0 spiro atoms. The summed E-state index contributed by atoms with van der Waals surface area (Å²) in [5.41, 5.74) is 6.99. The van der Waals surface area contributed by atoms with Crippen molar-refractivity contribution in [2.45, 2.75) is 37.1 Å². The Labute approximate surface area is 176 Å². The molecule has 7 heteroatoms. The van der Waals surface area contributed by atoms with Gasteiger partial charge in [0, 0.05) is 18.0 Å². The molecule has 0 bridgehead atoms. The second-order valence-electron chi connectivity index (χ2n) is 7.62. The van der Waals surface area contributed by atoms with Crippen molar-refractivity contribution in [3.8, 4) is 11.9 Å². The smallest absolute Gasteiger partial charge is 0.255 e. The highest BCUT2D eigenvalue weighted by Crippen LogP contribution is 2.40. The molecule has 0 radical (unpaired) electrons. The van der Waals surface area contributed by atoms with Gasteiger partial charge in [-0.15, -0.1) is 0 Å². The van der Waals surface area contributed by atoms with E-state index in [9.17, 15) is 10.1 Å². The Balaban J connectivity index is 1.79. The fourth-order valence-corrected chi connectivity index (χ4v) is 4.28. The monoisotopic (exact) mass is 405 g/mol. The number of nitriles is 1. The third-order valence-electron chi connectivity index (χ3n) is 5.97. The second kappa shape index (κ2) is 9.31. The number of para-hydroxylation sites is 1. The fraction of sp³-hybridized carbons (Fsp3) is 0.348. The molecule has 0 aromatic heterocycles. The lowest BCUT2D eigenvalue weighted by Crippen LogP contribution is -2.49. The molecule has 156 valence electrons. The summed E-state index contributed by atoms with van der Waals surface area (Å²) in [6.45, 7) is 0.479. The molecule has 7 nitrogen and oxygen atoms in total. The molecule has 0 aliphatic heterocycles. The molecule has 1 aliphatic carbocycles. The number of ether oxygens (including phenoxy) is 1. The van der Waals surface area contributed by atoms with Gasteiger partial charge in [0.25, 0.3) is 5.91 Å². The lowest BCUT2D eigenvalue weighted by molar-refractivity contribution is 0.0929. The molecule has 2 aromatic rings. The summed E-state index contributed by atoms with van der Waals surface area (Å²) in [6.07, 6.45) is 5.01. The van der Waals surface area contributed by atoms with Gasteiger partial charge in [0.05, 0.1) is 12.7 Å². The molecule has 0 atom stereocenters. The van der Waals surface area contributed by atoms with Gasteiger partial charge in [-0.1, -0.05) is 42.5 Å². The van der Waals surface area contributed by atoms with E-state index >= 15 is 0 Å². The van der Waals surface area contributed by atoms with E-state index in [4.69, 9.17) is 15.9 Å². The van der Waals surface area contributed by atoms with Crippen molar-refractivity contribution in [1.82, 2.24) is 10.2 Å². The first-order valence-corrected chi connectivity index (χ1v) is 10.0. The van der Waals surface area contributed by atoms with Crippen LogP contribution in [-0.2, 0) is 5.41 Å².